The van der Waals surface area contributed by atoms with E-state index in [2.05, 4.69) is 44.1 Å². The second-order valence-corrected chi connectivity index (χ2v) is 10.8. The number of aliphatic hydroxyl groups is 2. The predicted molar refractivity (Wildman–Crippen MR) is 154 cm³/mol. The fourth-order valence-corrected chi connectivity index (χ4v) is 5.98. The summed E-state index contributed by atoms with van der Waals surface area (Å²) in [5.74, 6) is 0. The Kier molecular flexibility index (Phi) is 9.22. The van der Waals surface area contributed by atoms with E-state index in [1.54, 1.807) is 11.9 Å². The fraction of sp³-hybridized carbons (Fsp3) is 0.400. The van der Waals surface area contributed by atoms with Gasteiger partial charge in [0.15, 0.2) is 6.29 Å². The first kappa shape index (κ1) is 27.0. The van der Waals surface area contributed by atoms with Crippen molar-refractivity contribution in [2.75, 3.05) is 37.5 Å². The first-order chi connectivity index (χ1) is 18.6. The molecule has 5 rings (SSSR count). The SMILES string of the molecule is CCOC(O)c1ccc(CN2CCN(C(O)c3ccc(NSC4=C5NC=CCC5=CCC4)cc3)CC2)cc1. The maximum absolute atomic E-state index is 11.0. The van der Waals surface area contributed by atoms with Gasteiger partial charge in [0.2, 0.25) is 0 Å². The van der Waals surface area contributed by atoms with Crippen LogP contribution in [0.3, 0.4) is 0 Å². The molecule has 0 bridgehead atoms. The Morgan fingerprint density at radius 3 is 2.47 bits per heavy atom. The number of anilines is 1. The zero-order valence-electron chi connectivity index (χ0n) is 22.0. The summed E-state index contributed by atoms with van der Waals surface area (Å²) < 4.78 is 8.74. The number of aliphatic hydroxyl groups excluding tert-OH is 2. The number of hydrogen-bond donors (Lipinski definition) is 4. The Balaban J connectivity index is 1.09. The van der Waals surface area contributed by atoms with Crippen LogP contribution >= 0.6 is 11.9 Å². The van der Waals surface area contributed by atoms with Crippen LogP contribution in [0.5, 0.6) is 0 Å². The van der Waals surface area contributed by atoms with Crippen molar-refractivity contribution in [3.05, 3.63) is 99.7 Å². The molecule has 0 spiro atoms. The van der Waals surface area contributed by atoms with Crippen molar-refractivity contribution in [2.24, 2.45) is 0 Å². The fourth-order valence-electron chi connectivity index (χ4n) is 5.09. The Bertz CT molecular complexity index is 1160. The molecule has 1 aliphatic carbocycles. The van der Waals surface area contributed by atoms with Gasteiger partial charge in [0, 0.05) is 55.5 Å². The highest BCUT2D eigenvalue weighted by molar-refractivity contribution is 8.04. The lowest BCUT2D eigenvalue weighted by atomic mass is 9.98. The third kappa shape index (κ3) is 6.69. The van der Waals surface area contributed by atoms with Crippen LogP contribution in [-0.2, 0) is 11.3 Å². The van der Waals surface area contributed by atoms with Crippen molar-refractivity contribution in [3.63, 3.8) is 0 Å². The van der Waals surface area contributed by atoms with Crippen molar-refractivity contribution < 1.29 is 14.9 Å². The molecule has 2 atom stereocenters. The van der Waals surface area contributed by atoms with Crippen LogP contribution in [0.2, 0.25) is 0 Å². The maximum atomic E-state index is 11.0. The highest BCUT2D eigenvalue weighted by atomic mass is 32.2. The van der Waals surface area contributed by atoms with Gasteiger partial charge in [0.25, 0.3) is 0 Å². The van der Waals surface area contributed by atoms with Crippen molar-refractivity contribution in [2.45, 2.75) is 45.2 Å². The third-order valence-electron chi connectivity index (χ3n) is 7.29. The van der Waals surface area contributed by atoms with Gasteiger partial charge in [-0.05, 0) is 73.2 Å². The highest BCUT2D eigenvalue weighted by Gasteiger charge is 2.24. The van der Waals surface area contributed by atoms with Gasteiger partial charge >= 0.3 is 0 Å². The molecule has 8 heteroatoms. The lowest BCUT2D eigenvalue weighted by molar-refractivity contribution is -0.0979. The number of ether oxygens (including phenoxy) is 1. The van der Waals surface area contributed by atoms with E-state index < -0.39 is 12.5 Å². The number of fused-ring (bicyclic) bond motifs is 1. The number of benzene rings is 2. The van der Waals surface area contributed by atoms with Crippen LogP contribution < -0.4 is 10.0 Å². The molecule has 3 aliphatic rings. The van der Waals surface area contributed by atoms with Crippen LogP contribution in [0.15, 0.2) is 83.1 Å². The van der Waals surface area contributed by atoms with Gasteiger partial charge in [-0.2, -0.15) is 0 Å². The first-order valence-electron chi connectivity index (χ1n) is 13.5. The molecule has 0 aromatic heterocycles. The molecule has 38 heavy (non-hydrogen) atoms. The normalized spacial score (nSPS) is 19.9. The summed E-state index contributed by atoms with van der Waals surface area (Å²) in [5.41, 5.74) is 6.57. The summed E-state index contributed by atoms with van der Waals surface area (Å²) in [5, 5.41) is 24.4. The molecule has 4 N–H and O–H groups in total. The average molecular weight is 535 g/mol. The second-order valence-electron chi connectivity index (χ2n) is 9.88. The molecule has 0 amide bonds. The molecule has 2 aliphatic heterocycles. The molecule has 2 unspecified atom stereocenters. The zero-order valence-corrected chi connectivity index (χ0v) is 22.8. The summed E-state index contributed by atoms with van der Waals surface area (Å²) >= 11 is 1.68. The standard InChI is InChI=1S/C30H38N4O3S/c1-2-37-30(36)25-10-8-22(9-11-25)21-33-17-19-34(20-18-33)29(35)24-12-14-26(15-13-24)32-38-27-7-3-5-23-6-4-16-31-28(23)27/h4-5,8-16,29-32,35-36H,2-3,6-7,17-21H2,1H3. The van der Waals surface area contributed by atoms with Crippen LogP contribution in [0.1, 0.15) is 55.4 Å². The lowest BCUT2D eigenvalue weighted by Gasteiger charge is -2.37. The summed E-state index contributed by atoms with van der Waals surface area (Å²) in [6, 6.07) is 16.1. The van der Waals surface area contributed by atoms with E-state index in [1.807, 2.05) is 49.5 Å². The number of piperazine rings is 1. The van der Waals surface area contributed by atoms with Gasteiger partial charge in [-0.25, -0.2) is 0 Å². The van der Waals surface area contributed by atoms with Crippen LogP contribution in [-0.4, -0.2) is 52.8 Å². The molecule has 1 fully saturated rings. The van der Waals surface area contributed by atoms with Crippen molar-refractivity contribution in [3.8, 4) is 0 Å². The van der Waals surface area contributed by atoms with E-state index in [-0.39, 0.29) is 0 Å². The van der Waals surface area contributed by atoms with E-state index in [1.165, 1.54) is 21.7 Å². The number of nitrogens with one attached hydrogen (secondary N) is 2. The first-order valence-corrected chi connectivity index (χ1v) is 14.3. The monoisotopic (exact) mass is 534 g/mol. The molecule has 2 heterocycles. The van der Waals surface area contributed by atoms with Crippen molar-refractivity contribution >= 4 is 17.6 Å². The molecule has 2 aromatic carbocycles. The number of nitrogens with zero attached hydrogens (tertiary/aromatic N) is 2. The Morgan fingerprint density at radius 1 is 1.00 bits per heavy atom. The quantitative estimate of drug-likeness (QED) is 0.250. The number of rotatable bonds is 10. The molecule has 202 valence electrons. The number of hydrogen-bond acceptors (Lipinski definition) is 8. The Labute approximate surface area is 230 Å². The van der Waals surface area contributed by atoms with Crippen LogP contribution in [0.4, 0.5) is 5.69 Å². The Hall–Kier alpha value is -2.59. The van der Waals surface area contributed by atoms with Gasteiger partial charge < -0.3 is 25.0 Å². The molecular weight excluding hydrogens is 496 g/mol. The Morgan fingerprint density at radius 2 is 1.74 bits per heavy atom. The van der Waals surface area contributed by atoms with E-state index in [9.17, 15) is 10.2 Å². The molecule has 0 radical (unpaired) electrons. The maximum Gasteiger partial charge on any atom is 0.181 e. The number of allylic oxidation sites excluding steroid dienone is 4. The summed E-state index contributed by atoms with van der Waals surface area (Å²) in [4.78, 5) is 5.88. The average Bonchev–Trinajstić information content (AvgIpc) is 2.97. The van der Waals surface area contributed by atoms with E-state index in [0.29, 0.717) is 6.61 Å². The summed E-state index contributed by atoms with van der Waals surface area (Å²) in [7, 11) is 0. The van der Waals surface area contributed by atoms with Gasteiger partial charge in [0.05, 0.1) is 5.70 Å². The van der Waals surface area contributed by atoms with Gasteiger partial charge in [-0.3, -0.25) is 9.80 Å². The highest BCUT2D eigenvalue weighted by Crippen LogP contribution is 2.35. The molecular formula is C30H38N4O3S. The molecule has 0 saturated carbocycles. The third-order valence-corrected chi connectivity index (χ3v) is 8.29. The van der Waals surface area contributed by atoms with E-state index in [4.69, 9.17) is 4.74 Å². The van der Waals surface area contributed by atoms with Gasteiger partial charge in [-0.1, -0.05) is 48.6 Å². The minimum atomic E-state index is -0.866. The smallest absolute Gasteiger partial charge is 0.181 e. The van der Waals surface area contributed by atoms with Crippen molar-refractivity contribution in [1.82, 2.24) is 15.1 Å². The van der Waals surface area contributed by atoms with Crippen molar-refractivity contribution in [1.29, 1.82) is 0 Å². The topological polar surface area (TPSA) is 80.2 Å². The van der Waals surface area contributed by atoms with Crippen LogP contribution in [0.25, 0.3) is 0 Å². The zero-order chi connectivity index (χ0) is 26.3. The molecule has 1 saturated heterocycles. The van der Waals surface area contributed by atoms with Crippen LogP contribution in [0, 0.1) is 0 Å². The van der Waals surface area contributed by atoms with Gasteiger partial charge in [0.1, 0.15) is 6.23 Å². The minimum absolute atomic E-state index is 0.479. The molecule has 7 nitrogen and oxygen atoms in total. The molecule has 2 aromatic rings. The second kappa shape index (κ2) is 13.0. The lowest BCUT2D eigenvalue weighted by Crippen LogP contribution is -2.47. The minimum Gasteiger partial charge on any atom is -0.374 e. The van der Waals surface area contributed by atoms with E-state index in [0.717, 1.165) is 68.8 Å². The van der Waals surface area contributed by atoms with Gasteiger partial charge in [-0.15, -0.1) is 0 Å². The summed E-state index contributed by atoms with van der Waals surface area (Å²) in [6.07, 6.45) is 8.18. The largest absolute Gasteiger partial charge is 0.374 e. The van der Waals surface area contributed by atoms with E-state index >= 15 is 0 Å². The predicted octanol–water partition coefficient (Wildman–Crippen LogP) is 5.02. The summed E-state index contributed by atoms with van der Waals surface area (Å²) in [6.45, 7) is 6.62.